The second-order valence-electron chi connectivity index (χ2n) is 4.16. The number of amides is 1. The molecule has 0 aliphatic carbocycles. The summed E-state index contributed by atoms with van der Waals surface area (Å²) in [5.41, 5.74) is 6.29. The van der Waals surface area contributed by atoms with Gasteiger partial charge in [0.15, 0.2) is 0 Å². The zero-order valence-electron chi connectivity index (χ0n) is 10.2. The molecule has 0 bridgehead atoms. The standard InChI is InChI=1S/C14H12F2N2O/c1-8-3-2-4-12(16)13(8)18-14(19)9-5-10(15)7-11(17)6-9/h2-7H,17H2,1H3,(H,18,19). The highest BCUT2D eigenvalue weighted by molar-refractivity contribution is 6.05. The second-order valence-corrected chi connectivity index (χ2v) is 4.16. The summed E-state index contributed by atoms with van der Waals surface area (Å²) in [6, 6.07) is 7.92. The normalized spacial score (nSPS) is 10.3. The summed E-state index contributed by atoms with van der Waals surface area (Å²) in [5, 5.41) is 2.41. The second kappa shape index (κ2) is 5.06. The van der Waals surface area contributed by atoms with E-state index in [2.05, 4.69) is 5.32 Å². The lowest BCUT2D eigenvalue weighted by atomic mass is 10.1. The number of para-hydroxylation sites is 1. The van der Waals surface area contributed by atoms with E-state index in [-0.39, 0.29) is 16.9 Å². The van der Waals surface area contributed by atoms with Crippen molar-refractivity contribution in [1.29, 1.82) is 0 Å². The molecular formula is C14H12F2N2O. The summed E-state index contributed by atoms with van der Waals surface area (Å²) in [4.78, 5) is 11.9. The predicted octanol–water partition coefficient (Wildman–Crippen LogP) is 3.11. The Hall–Kier alpha value is -2.43. The monoisotopic (exact) mass is 262 g/mol. The van der Waals surface area contributed by atoms with E-state index in [9.17, 15) is 13.6 Å². The number of nitrogens with two attached hydrogens (primary N) is 1. The molecule has 0 atom stereocenters. The maximum absolute atomic E-state index is 13.6. The molecule has 3 nitrogen and oxygen atoms in total. The summed E-state index contributed by atoms with van der Waals surface area (Å²) >= 11 is 0. The van der Waals surface area contributed by atoms with E-state index in [1.54, 1.807) is 19.1 Å². The van der Waals surface area contributed by atoms with Crippen LogP contribution in [0.5, 0.6) is 0 Å². The lowest BCUT2D eigenvalue weighted by molar-refractivity contribution is 0.102. The van der Waals surface area contributed by atoms with Gasteiger partial charge >= 0.3 is 0 Å². The molecule has 2 aromatic carbocycles. The average molecular weight is 262 g/mol. The summed E-state index contributed by atoms with van der Waals surface area (Å²) in [7, 11) is 0. The Morgan fingerprint density at radius 2 is 1.95 bits per heavy atom. The number of anilines is 2. The van der Waals surface area contributed by atoms with E-state index in [0.717, 1.165) is 12.1 Å². The van der Waals surface area contributed by atoms with Gasteiger partial charge in [0.1, 0.15) is 11.6 Å². The molecule has 0 aliphatic heterocycles. The minimum absolute atomic E-state index is 0.0418. The van der Waals surface area contributed by atoms with Crippen molar-refractivity contribution in [2.24, 2.45) is 0 Å². The molecular weight excluding hydrogens is 250 g/mol. The summed E-state index contributed by atoms with van der Waals surface area (Å²) in [6.07, 6.45) is 0. The Balaban J connectivity index is 2.31. The summed E-state index contributed by atoms with van der Waals surface area (Å²) < 4.78 is 26.7. The van der Waals surface area contributed by atoms with Crippen molar-refractivity contribution >= 4 is 17.3 Å². The van der Waals surface area contributed by atoms with Gasteiger partial charge < -0.3 is 11.1 Å². The molecule has 0 fully saturated rings. The molecule has 0 unspecified atom stereocenters. The fourth-order valence-electron chi connectivity index (χ4n) is 1.72. The number of rotatable bonds is 2. The molecule has 0 aliphatic rings. The molecule has 2 aromatic rings. The van der Waals surface area contributed by atoms with Crippen LogP contribution in [-0.4, -0.2) is 5.91 Å². The van der Waals surface area contributed by atoms with Crippen LogP contribution < -0.4 is 11.1 Å². The lowest BCUT2D eigenvalue weighted by Gasteiger charge is -2.09. The van der Waals surface area contributed by atoms with Gasteiger partial charge in [-0.3, -0.25) is 4.79 Å². The molecule has 0 aromatic heterocycles. The molecule has 0 spiro atoms. The molecule has 98 valence electrons. The maximum atomic E-state index is 13.6. The number of halogens is 2. The number of carbonyl (C=O) groups excluding carboxylic acids is 1. The van der Waals surface area contributed by atoms with E-state index in [1.807, 2.05) is 0 Å². The van der Waals surface area contributed by atoms with Crippen LogP contribution in [0.4, 0.5) is 20.2 Å². The molecule has 0 heterocycles. The molecule has 0 radical (unpaired) electrons. The highest BCUT2D eigenvalue weighted by atomic mass is 19.1. The Bertz CT molecular complexity index is 601. The third-order valence-corrected chi connectivity index (χ3v) is 2.64. The highest BCUT2D eigenvalue weighted by Crippen LogP contribution is 2.20. The first-order valence-corrected chi connectivity index (χ1v) is 5.60. The van der Waals surface area contributed by atoms with Crippen molar-refractivity contribution in [1.82, 2.24) is 0 Å². The molecule has 0 saturated carbocycles. The van der Waals surface area contributed by atoms with Crippen LogP contribution in [0, 0.1) is 18.6 Å². The summed E-state index contributed by atoms with van der Waals surface area (Å²) in [5.74, 6) is -1.77. The Labute approximate surface area is 109 Å². The van der Waals surface area contributed by atoms with E-state index in [4.69, 9.17) is 5.73 Å². The van der Waals surface area contributed by atoms with E-state index >= 15 is 0 Å². The third kappa shape index (κ3) is 2.88. The number of aryl methyl sites for hydroxylation is 1. The Morgan fingerprint density at radius 3 is 2.58 bits per heavy atom. The fourth-order valence-corrected chi connectivity index (χ4v) is 1.72. The van der Waals surface area contributed by atoms with Gasteiger partial charge in [-0.15, -0.1) is 0 Å². The molecule has 19 heavy (non-hydrogen) atoms. The molecule has 1 amide bonds. The van der Waals surface area contributed by atoms with Crippen LogP contribution in [0.1, 0.15) is 15.9 Å². The topological polar surface area (TPSA) is 55.1 Å². The van der Waals surface area contributed by atoms with Crippen molar-refractivity contribution in [2.45, 2.75) is 6.92 Å². The van der Waals surface area contributed by atoms with E-state index < -0.39 is 17.5 Å². The van der Waals surface area contributed by atoms with Crippen LogP contribution in [0.15, 0.2) is 36.4 Å². The average Bonchev–Trinajstić information content (AvgIpc) is 2.32. The van der Waals surface area contributed by atoms with Crippen molar-refractivity contribution < 1.29 is 13.6 Å². The number of hydrogen-bond acceptors (Lipinski definition) is 2. The zero-order valence-corrected chi connectivity index (χ0v) is 10.2. The number of nitrogen functional groups attached to an aromatic ring is 1. The van der Waals surface area contributed by atoms with Crippen molar-refractivity contribution in [3.8, 4) is 0 Å². The highest BCUT2D eigenvalue weighted by Gasteiger charge is 2.12. The first kappa shape index (κ1) is 13.0. The van der Waals surface area contributed by atoms with E-state index in [0.29, 0.717) is 5.56 Å². The predicted molar refractivity (Wildman–Crippen MR) is 69.9 cm³/mol. The minimum Gasteiger partial charge on any atom is -0.399 e. The molecule has 3 N–H and O–H groups in total. The van der Waals surface area contributed by atoms with Gasteiger partial charge in [-0.1, -0.05) is 12.1 Å². The molecule has 5 heteroatoms. The number of hydrogen-bond donors (Lipinski definition) is 2. The van der Waals surface area contributed by atoms with Gasteiger partial charge in [0.25, 0.3) is 5.91 Å². The van der Waals surface area contributed by atoms with Crippen molar-refractivity contribution in [3.05, 3.63) is 59.2 Å². The van der Waals surface area contributed by atoms with Gasteiger partial charge in [0.2, 0.25) is 0 Å². The SMILES string of the molecule is Cc1cccc(F)c1NC(=O)c1cc(N)cc(F)c1. The van der Waals surface area contributed by atoms with E-state index in [1.165, 1.54) is 12.1 Å². The third-order valence-electron chi connectivity index (χ3n) is 2.64. The smallest absolute Gasteiger partial charge is 0.255 e. The van der Waals surface area contributed by atoms with Crippen LogP contribution in [0.25, 0.3) is 0 Å². The fraction of sp³-hybridized carbons (Fsp3) is 0.0714. The largest absolute Gasteiger partial charge is 0.399 e. The first-order valence-electron chi connectivity index (χ1n) is 5.60. The lowest BCUT2D eigenvalue weighted by Crippen LogP contribution is -2.14. The van der Waals surface area contributed by atoms with Gasteiger partial charge in [-0.25, -0.2) is 8.78 Å². The van der Waals surface area contributed by atoms with Crippen LogP contribution in [-0.2, 0) is 0 Å². The molecule has 0 saturated heterocycles. The Morgan fingerprint density at radius 1 is 1.21 bits per heavy atom. The minimum atomic E-state index is -0.615. The zero-order chi connectivity index (χ0) is 14.0. The number of benzene rings is 2. The van der Waals surface area contributed by atoms with Gasteiger partial charge in [-0.05, 0) is 36.8 Å². The molecule has 2 rings (SSSR count). The van der Waals surface area contributed by atoms with Crippen LogP contribution >= 0.6 is 0 Å². The van der Waals surface area contributed by atoms with Crippen molar-refractivity contribution in [3.63, 3.8) is 0 Å². The van der Waals surface area contributed by atoms with Gasteiger partial charge in [0.05, 0.1) is 5.69 Å². The summed E-state index contributed by atoms with van der Waals surface area (Å²) in [6.45, 7) is 1.67. The number of nitrogens with one attached hydrogen (secondary N) is 1. The van der Waals surface area contributed by atoms with Gasteiger partial charge in [-0.2, -0.15) is 0 Å². The Kier molecular flexibility index (Phi) is 3.46. The van der Waals surface area contributed by atoms with Crippen LogP contribution in [0.3, 0.4) is 0 Å². The maximum Gasteiger partial charge on any atom is 0.255 e. The van der Waals surface area contributed by atoms with Crippen LogP contribution in [0.2, 0.25) is 0 Å². The first-order chi connectivity index (χ1) is 8.97. The number of carbonyl (C=O) groups is 1. The quantitative estimate of drug-likeness (QED) is 0.817. The van der Waals surface area contributed by atoms with Crippen molar-refractivity contribution in [2.75, 3.05) is 11.1 Å². The van der Waals surface area contributed by atoms with Gasteiger partial charge in [0, 0.05) is 11.3 Å².